The normalized spacial score (nSPS) is 11.2. The molecular formula is C15H26N2O. The maximum Gasteiger partial charge on any atom is 0.0596 e. The summed E-state index contributed by atoms with van der Waals surface area (Å²) in [6.07, 6.45) is 0.323. The second-order valence-electron chi connectivity index (χ2n) is 5.02. The van der Waals surface area contributed by atoms with Crippen molar-refractivity contribution in [3.05, 3.63) is 29.8 Å². The van der Waals surface area contributed by atoms with Gasteiger partial charge < -0.3 is 15.0 Å². The number of aryl methyl sites for hydroxylation is 1. The van der Waals surface area contributed by atoms with Gasteiger partial charge in [-0.05, 0) is 45.5 Å². The third-order valence-electron chi connectivity index (χ3n) is 2.76. The largest absolute Gasteiger partial charge is 0.384 e. The molecule has 3 nitrogen and oxygen atoms in total. The van der Waals surface area contributed by atoms with Gasteiger partial charge in [-0.15, -0.1) is 0 Å². The molecule has 18 heavy (non-hydrogen) atoms. The predicted molar refractivity (Wildman–Crippen MR) is 78.3 cm³/mol. The lowest BCUT2D eigenvalue weighted by atomic mass is 10.2. The van der Waals surface area contributed by atoms with Crippen molar-refractivity contribution in [3.8, 4) is 0 Å². The van der Waals surface area contributed by atoms with Gasteiger partial charge in [0.15, 0.2) is 0 Å². The van der Waals surface area contributed by atoms with E-state index in [0.717, 1.165) is 26.2 Å². The van der Waals surface area contributed by atoms with E-state index in [9.17, 15) is 0 Å². The number of rotatable bonds is 8. The van der Waals surface area contributed by atoms with E-state index in [2.05, 4.69) is 62.3 Å². The van der Waals surface area contributed by atoms with E-state index in [4.69, 9.17) is 4.74 Å². The van der Waals surface area contributed by atoms with Crippen molar-refractivity contribution in [1.82, 2.24) is 4.90 Å². The van der Waals surface area contributed by atoms with Gasteiger partial charge in [0, 0.05) is 25.3 Å². The molecule has 0 saturated heterocycles. The van der Waals surface area contributed by atoms with Crippen molar-refractivity contribution in [3.63, 3.8) is 0 Å². The Morgan fingerprint density at radius 2 is 2.06 bits per heavy atom. The second kappa shape index (κ2) is 8.11. The van der Waals surface area contributed by atoms with Crippen molar-refractivity contribution >= 4 is 5.69 Å². The second-order valence-corrected chi connectivity index (χ2v) is 5.02. The molecule has 0 aliphatic rings. The van der Waals surface area contributed by atoms with Crippen molar-refractivity contribution in [2.24, 2.45) is 0 Å². The van der Waals surface area contributed by atoms with Gasteiger partial charge in [0.2, 0.25) is 0 Å². The van der Waals surface area contributed by atoms with Crippen LogP contribution in [0.4, 0.5) is 5.69 Å². The standard InChI is InChI=1S/C15H26N2O/c1-13(2)18-11-10-17(4)9-8-16-15-7-5-6-14(3)12-15/h5-7,12-13,16H,8-11H2,1-4H3. The Hall–Kier alpha value is -1.06. The number of nitrogens with zero attached hydrogens (tertiary/aromatic N) is 1. The van der Waals surface area contributed by atoms with Crippen LogP contribution in [0.3, 0.4) is 0 Å². The van der Waals surface area contributed by atoms with Crippen LogP contribution in [0.1, 0.15) is 19.4 Å². The molecular weight excluding hydrogens is 224 g/mol. The van der Waals surface area contributed by atoms with Gasteiger partial charge in [0.1, 0.15) is 0 Å². The van der Waals surface area contributed by atoms with Gasteiger partial charge in [-0.1, -0.05) is 12.1 Å². The quantitative estimate of drug-likeness (QED) is 0.768. The maximum atomic E-state index is 5.53. The Kier molecular flexibility index (Phi) is 6.76. The smallest absolute Gasteiger partial charge is 0.0596 e. The number of nitrogens with one attached hydrogen (secondary N) is 1. The molecule has 1 rings (SSSR count). The Balaban J connectivity index is 2.13. The van der Waals surface area contributed by atoms with Gasteiger partial charge >= 0.3 is 0 Å². The zero-order valence-corrected chi connectivity index (χ0v) is 12.1. The number of benzene rings is 1. The number of anilines is 1. The number of ether oxygens (including phenoxy) is 1. The van der Waals surface area contributed by atoms with Gasteiger partial charge in [-0.2, -0.15) is 0 Å². The fourth-order valence-electron chi connectivity index (χ4n) is 1.70. The van der Waals surface area contributed by atoms with E-state index in [-0.39, 0.29) is 0 Å². The van der Waals surface area contributed by atoms with Crippen LogP contribution in [0.25, 0.3) is 0 Å². The van der Waals surface area contributed by atoms with Crippen molar-refractivity contribution in [2.45, 2.75) is 26.9 Å². The van der Waals surface area contributed by atoms with E-state index < -0.39 is 0 Å². The summed E-state index contributed by atoms with van der Waals surface area (Å²) in [5, 5.41) is 3.43. The zero-order chi connectivity index (χ0) is 13.4. The Labute approximate surface area is 111 Å². The summed E-state index contributed by atoms with van der Waals surface area (Å²) in [6, 6.07) is 8.47. The fraction of sp³-hybridized carbons (Fsp3) is 0.600. The van der Waals surface area contributed by atoms with Gasteiger partial charge in [0.05, 0.1) is 12.7 Å². The highest BCUT2D eigenvalue weighted by atomic mass is 16.5. The van der Waals surface area contributed by atoms with E-state index in [1.807, 2.05) is 0 Å². The minimum absolute atomic E-state index is 0.323. The van der Waals surface area contributed by atoms with E-state index >= 15 is 0 Å². The molecule has 0 radical (unpaired) electrons. The molecule has 0 aliphatic carbocycles. The summed E-state index contributed by atoms with van der Waals surface area (Å²) in [5.41, 5.74) is 2.49. The average molecular weight is 250 g/mol. The predicted octanol–water partition coefficient (Wildman–Crippen LogP) is 2.76. The number of likely N-dealkylation sites (N-methyl/N-ethyl adjacent to an activating group) is 1. The Morgan fingerprint density at radius 1 is 1.28 bits per heavy atom. The average Bonchev–Trinajstić information content (AvgIpc) is 2.28. The Morgan fingerprint density at radius 3 is 2.72 bits per heavy atom. The van der Waals surface area contributed by atoms with Gasteiger partial charge in [-0.3, -0.25) is 0 Å². The first-order chi connectivity index (χ1) is 8.58. The lowest BCUT2D eigenvalue weighted by molar-refractivity contribution is 0.0645. The maximum absolute atomic E-state index is 5.53. The van der Waals surface area contributed by atoms with E-state index in [1.54, 1.807) is 0 Å². The minimum atomic E-state index is 0.323. The molecule has 1 aromatic rings. The molecule has 0 spiro atoms. The van der Waals surface area contributed by atoms with Crippen LogP contribution >= 0.6 is 0 Å². The molecule has 0 bridgehead atoms. The summed E-state index contributed by atoms with van der Waals surface area (Å²) in [4.78, 5) is 2.28. The summed E-state index contributed by atoms with van der Waals surface area (Å²) < 4.78 is 5.53. The molecule has 1 aromatic carbocycles. The highest BCUT2D eigenvalue weighted by molar-refractivity contribution is 5.45. The van der Waals surface area contributed by atoms with Crippen LogP contribution in [-0.2, 0) is 4.74 Å². The summed E-state index contributed by atoms with van der Waals surface area (Å²) in [6.45, 7) is 10.0. The van der Waals surface area contributed by atoms with Gasteiger partial charge in [-0.25, -0.2) is 0 Å². The molecule has 0 unspecified atom stereocenters. The highest BCUT2D eigenvalue weighted by Gasteiger charge is 1.99. The van der Waals surface area contributed by atoms with E-state index in [0.29, 0.717) is 6.10 Å². The molecule has 0 amide bonds. The van der Waals surface area contributed by atoms with E-state index in [1.165, 1.54) is 11.3 Å². The number of hydrogen-bond donors (Lipinski definition) is 1. The summed E-state index contributed by atoms with van der Waals surface area (Å²) >= 11 is 0. The fourth-order valence-corrected chi connectivity index (χ4v) is 1.70. The molecule has 0 saturated carbocycles. The van der Waals surface area contributed by atoms with Crippen LogP contribution in [0.15, 0.2) is 24.3 Å². The highest BCUT2D eigenvalue weighted by Crippen LogP contribution is 2.08. The SMILES string of the molecule is Cc1cccc(NCCN(C)CCOC(C)C)c1. The van der Waals surface area contributed by atoms with Crippen LogP contribution in [0, 0.1) is 6.92 Å². The van der Waals surface area contributed by atoms with Crippen molar-refractivity contribution < 1.29 is 4.74 Å². The molecule has 0 fully saturated rings. The lowest BCUT2D eigenvalue weighted by Gasteiger charge is -2.18. The molecule has 0 aromatic heterocycles. The van der Waals surface area contributed by atoms with Crippen LogP contribution in [0.2, 0.25) is 0 Å². The molecule has 0 atom stereocenters. The van der Waals surface area contributed by atoms with Crippen LogP contribution < -0.4 is 5.32 Å². The first-order valence-corrected chi connectivity index (χ1v) is 6.68. The molecule has 3 heteroatoms. The molecule has 102 valence electrons. The monoisotopic (exact) mass is 250 g/mol. The first kappa shape index (κ1) is 15.0. The van der Waals surface area contributed by atoms with Crippen molar-refractivity contribution in [2.75, 3.05) is 38.6 Å². The molecule has 0 aliphatic heterocycles. The molecule has 1 N–H and O–H groups in total. The summed E-state index contributed by atoms with van der Waals surface area (Å²) in [7, 11) is 2.13. The van der Waals surface area contributed by atoms with Crippen LogP contribution in [0.5, 0.6) is 0 Å². The lowest BCUT2D eigenvalue weighted by Crippen LogP contribution is -2.29. The third kappa shape index (κ3) is 6.62. The number of hydrogen-bond acceptors (Lipinski definition) is 3. The topological polar surface area (TPSA) is 24.5 Å². The minimum Gasteiger partial charge on any atom is -0.384 e. The third-order valence-corrected chi connectivity index (χ3v) is 2.76. The van der Waals surface area contributed by atoms with Gasteiger partial charge in [0.25, 0.3) is 0 Å². The molecule has 0 heterocycles. The van der Waals surface area contributed by atoms with Crippen LogP contribution in [-0.4, -0.2) is 44.3 Å². The Bertz CT molecular complexity index is 339. The summed E-state index contributed by atoms with van der Waals surface area (Å²) in [5.74, 6) is 0. The zero-order valence-electron chi connectivity index (χ0n) is 12.1. The first-order valence-electron chi connectivity index (χ1n) is 6.68. The van der Waals surface area contributed by atoms with Crippen molar-refractivity contribution in [1.29, 1.82) is 0 Å².